The molecular formula is C22H28N4O3. The first-order valence-electron chi connectivity index (χ1n) is 10.5. The molecule has 4 heterocycles. The third-order valence-corrected chi connectivity index (χ3v) is 5.78. The zero-order chi connectivity index (χ0) is 20.2. The topological polar surface area (TPSA) is 87.5 Å². The Morgan fingerprint density at radius 1 is 1.24 bits per heavy atom. The highest BCUT2D eigenvalue weighted by Gasteiger charge is 2.22. The first-order chi connectivity index (χ1) is 14.1. The standard InChI is InChI=1S/C22H28N4O3/c1-15-12-18(16-6-5-9-23-13-16)29-22(28)20(15)21(27)25-17-7-8-19(24-14-17)26-10-3-2-4-11-26/h7-8,12,14,16,23H,2-6,9-11,13H2,1H3,(H,25,27). The van der Waals surface area contributed by atoms with Crippen LogP contribution in [-0.2, 0) is 0 Å². The molecule has 4 rings (SSSR count). The molecule has 7 heteroatoms. The van der Waals surface area contributed by atoms with Crippen molar-refractivity contribution in [2.45, 2.75) is 44.9 Å². The molecule has 0 aromatic carbocycles. The SMILES string of the molecule is Cc1cc(C2CCCNC2)oc(=O)c1C(=O)Nc1ccc(N2CCCCC2)nc1. The van der Waals surface area contributed by atoms with Crippen molar-refractivity contribution in [3.63, 3.8) is 0 Å². The van der Waals surface area contributed by atoms with Gasteiger partial charge in [0.1, 0.15) is 17.1 Å². The summed E-state index contributed by atoms with van der Waals surface area (Å²) in [4.78, 5) is 32.0. The van der Waals surface area contributed by atoms with Crippen molar-refractivity contribution in [2.24, 2.45) is 0 Å². The molecule has 0 radical (unpaired) electrons. The summed E-state index contributed by atoms with van der Waals surface area (Å²) >= 11 is 0. The van der Waals surface area contributed by atoms with Crippen molar-refractivity contribution in [2.75, 3.05) is 36.4 Å². The molecule has 1 amide bonds. The number of anilines is 2. The number of carbonyl (C=O) groups is 1. The second-order valence-corrected chi connectivity index (χ2v) is 7.94. The van der Waals surface area contributed by atoms with Gasteiger partial charge >= 0.3 is 5.63 Å². The molecule has 2 aromatic heterocycles. The zero-order valence-corrected chi connectivity index (χ0v) is 16.9. The van der Waals surface area contributed by atoms with Crippen LogP contribution in [0.1, 0.15) is 59.7 Å². The largest absolute Gasteiger partial charge is 0.427 e. The fraction of sp³-hybridized carbons (Fsp3) is 0.500. The summed E-state index contributed by atoms with van der Waals surface area (Å²) in [6.07, 6.45) is 7.31. The van der Waals surface area contributed by atoms with Gasteiger partial charge in [0.15, 0.2) is 0 Å². The van der Waals surface area contributed by atoms with Crippen LogP contribution in [0.15, 0.2) is 33.6 Å². The van der Waals surface area contributed by atoms with Crippen LogP contribution < -0.4 is 21.2 Å². The van der Waals surface area contributed by atoms with Crippen molar-refractivity contribution in [3.05, 3.63) is 51.7 Å². The van der Waals surface area contributed by atoms with Crippen LogP contribution in [0.3, 0.4) is 0 Å². The minimum Gasteiger partial charge on any atom is -0.427 e. The van der Waals surface area contributed by atoms with Crippen LogP contribution >= 0.6 is 0 Å². The fourth-order valence-electron chi connectivity index (χ4n) is 4.17. The zero-order valence-electron chi connectivity index (χ0n) is 16.9. The molecule has 7 nitrogen and oxygen atoms in total. The molecule has 1 unspecified atom stereocenters. The Kier molecular flexibility index (Phi) is 5.94. The van der Waals surface area contributed by atoms with E-state index in [-0.39, 0.29) is 11.5 Å². The van der Waals surface area contributed by atoms with Crippen LogP contribution in [-0.4, -0.2) is 37.1 Å². The monoisotopic (exact) mass is 396 g/mol. The minimum atomic E-state index is -0.582. The van der Waals surface area contributed by atoms with E-state index in [0.29, 0.717) is 17.0 Å². The first-order valence-corrected chi connectivity index (χ1v) is 10.5. The Morgan fingerprint density at radius 2 is 2.07 bits per heavy atom. The number of nitrogens with one attached hydrogen (secondary N) is 2. The second-order valence-electron chi connectivity index (χ2n) is 7.94. The van der Waals surface area contributed by atoms with Crippen LogP contribution in [0.5, 0.6) is 0 Å². The lowest BCUT2D eigenvalue weighted by Gasteiger charge is -2.27. The van der Waals surface area contributed by atoms with Gasteiger partial charge in [-0.3, -0.25) is 4.79 Å². The molecule has 2 N–H and O–H groups in total. The highest BCUT2D eigenvalue weighted by atomic mass is 16.4. The molecule has 2 fully saturated rings. The van der Waals surface area contributed by atoms with Gasteiger partial charge < -0.3 is 20.0 Å². The number of nitrogens with zero attached hydrogens (tertiary/aromatic N) is 2. The molecule has 154 valence electrons. The molecule has 2 aromatic rings. The van der Waals surface area contributed by atoms with Gasteiger partial charge in [-0.25, -0.2) is 9.78 Å². The van der Waals surface area contributed by atoms with Gasteiger partial charge in [0, 0.05) is 25.6 Å². The summed E-state index contributed by atoms with van der Waals surface area (Å²) in [5.74, 6) is 1.29. The molecule has 2 aliphatic rings. The third kappa shape index (κ3) is 4.50. The Labute approximate surface area is 170 Å². The maximum atomic E-state index is 12.7. The van der Waals surface area contributed by atoms with E-state index in [4.69, 9.17) is 4.42 Å². The Morgan fingerprint density at radius 3 is 2.72 bits per heavy atom. The second kappa shape index (κ2) is 8.78. The maximum Gasteiger partial charge on any atom is 0.349 e. The Hall–Kier alpha value is -2.67. The maximum absolute atomic E-state index is 12.7. The van der Waals surface area contributed by atoms with E-state index in [0.717, 1.165) is 44.8 Å². The molecule has 2 aliphatic heterocycles. The number of amides is 1. The highest BCUT2D eigenvalue weighted by molar-refractivity contribution is 6.04. The molecule has 0 spiro atoms. The lowest BCUT2D eigenvalue weighted by atomic mass is 9.95. The smallest absolute Gasteiger partial charge is 0.349 e. The van der Waals surface area contributed by atoms with E-state index in [1.165, 1.54) is 19.3 Å². The van der Waals surface area contributed by atoms with Crippen molar-refractivity contribution in [1.29, 1.82) is 0 Å². The Balaban J connectivity index is 1.47. The van der Waals surface area contributed by atoms with Crippen molar-refractivity contribution < 1.29 is 9.21 Å². The van der Waals surface area contributed by atoms with E-state index in [1.54, 1.807) is 13.1 Å². The number of piperidine rings is 2. The van der Waals surface area contributed by atoms with Gasteiger partial charge in [-0.1, -0.05) is 0 Å². The summed E-state index contributed by atoms with van der Waals surface area (Å²) in [6, 6.07) is 5.56. The summed E-state index contributed by atoms with van der Waals surface area (Å²) in [7, 11) is 0. The molecule has 1 atom stereocenters. The van der Waals surface area contributed by atoms with Crippen LogP contribution in [0.4, 0.5) is 11.5 Å². The Bertz CT molecular complexity index is 911. The van der Waals surface area contributed by atoms with E-state index in [1.807, 2.05) is 18.2 Å². The lowest BCUT2D eigenvalue weighted by Crippen LogP contribution is -2.30. The van der Waals surface area contributed by atoms with Gasteiger partial charge in [-0.15, -0.1) is 0 Å². The van der Waals surface area contributed by atoms with Gasteiger partial charge in [-0.05, 0) is 69.3 Å². The quantitative estimate of drug-likeness (QED) is 0.826. The molecule has 2 saturated heterocycles. The van der Waals surface area contributed by atoms with E-state index in [2.05, 4.69) is 20.5 Å². The number of hydrogen-bond donors (Lipinski definition) is 2. The highest BCUT2D eigenvalue weighted by Crippen LogP contribution is 2.24. The van der Waals surface area contributed by atoms with Crippen LogP contribution in [0.25, 0.3) is 0 Å². The molecular weight excluding hydrogens is 368 g/mol. The predicted molar refractivity (Wildman–Crippen MR) is 113 cm³/mol. The third-order valence-electron chi connectivity index (χ3n) is 5.78. The van der Waals surface area contributed by atoms with Crippen LogP contribution in [0.2, 0.25) is 0 Å². The van der Waals surface area contributed by atoms with Gasteiger partial charge in [0.05, 0.1) is 11.9 Å². The van der Waals surface area contributed by atoms with Gasteiger partial charge in [-0.2, -0.15) is 0 Å². The number of aromatic nitrogens is 1. The van der Waals surface area contributed by atoms with Crippen molar-refractivity contribution in [1.82, 2.24) is 10.3 Å². The fourth-order valence-corrected chi connectivity index (χ4v) is 4.17. The summed E-state index contributed by atoms with van der Waals surface area (Å²) in [6.45, 7) is 5.60. The van der Waals surface area contributed by atoms with E-state index < -0.39 is 11.5 Å². The van der Waals surface area contributed by atoms with Crippen molar-refractivity contribution >= 4 is 17.4 Å². The number of aryl methyl sites for hydroxylation is 1. The molecule has 0 aliphatic carbocycles. The first kappa shape index (κ1) is 19.6. The lowest BCUT2D eigenvalue weighted by molar-refractivity contribution is 0.102. The minimum absolute atomic E-state index is 0.0534. The van der Waals surface area contributed by atoms with E-state index >= 15 is 0 Å². The number of carbonyl (C=O) groups excluding carboxylic acids is 1. The van der Waals surface area contributed by atoms with Crippen molar-refractivity contribution in [3.8, 4) is 0 Å². The summed E-state index contributed by atoms with van der Waals surface area (Å²) in [5, 5.41) is 6.10. The van der Waals surface area contributed by atoms with Gasteiger partial charge in [0.2, 0.25) is 0 Å². The predicted octanol–water partition coefficient (Wildman–Crippen LogP) is 3.05. The molecule has 29 heavy (non-hydrogen) atoms. The summed E-state index contributed by atoms with van der Waals surface area (Å²) in [5.41, 5.74) is 0.672. The van der Waals surface area contributed by atoms with Gasteiger partial charge in [0.25, 0.3) is 5.91 Å². The molecule has 0 bridgehead atoms. The average Bonchev–Trinajstić information content (AvgIpc) is 2.75. The number of rotatable bonds is 4. The normalized spacial score (nSPS) is 19.8. The average molecular weight is 396 g/mol. The van der Waals surface area contributed by atoms with Crippen LogP contribution in [0, 0.1) is 6.92 Å². The summed E-state index contributed by atoms with van der Waals surface area (Å²) < 4.78 is 5.51. The number of hydrogen-bond acceptors (Lipinski definition) is 6. The molecule has 0 saturated carbocycles. The number of pyridine rings is 1. The van der Waals surface area contributed by atoms with E-state index in [9.17, 15) is 9.59 Å².